The van der Waals surface area contributed by atoms with Gasteiger partial charge in [-0.3, -0.25) is 0 Å². The lowest BCUT2D eigenvalue weighted by Crippen LogP contribution is -2.05. The molecule has 0 aliphatic heterocycles. The molecule has 3 rings (SSSR count). The molecule has 0 radical (unpaired) electrons. The van der Waals surface area contributed by atoms with E-state index >= 15 is 0 Å². The van der Waals surface area contributed by atoms with Crippen molar-refractivity contribution in [3.05, 3.63) is 77.4 Å². The molecular weight excluding hydrogens is 258 g/mol. The standard InChI is InChI=1S/C19H19NO/c1-13-6-5-8-15(12-13)19(21)17-11-10-14-7-3-4-9-16(14)18(17)20-2/h3-12,19-21H,1-2H3. The molecular formula is C19H19NO. The number of hydrogen-bond donors (Lipinski definition) is 2. The number of aliphatic hydroxyl groups is 1. The molecule has 3 aromatic rings. The van der Waals surface area contributed by atoms with Gasteiger partial charge in [0.15, 0.2) is 0 Å². The topological polar surface area (TPSA) is 32.3 Å². The zero-order valence-corrected chi connectivity index (χ0v) is 12.3. The Balaban J connectivity index is 2.15. The molecule has 0 spiro atoms. The third-order valence-electron chi connectivity index (χ3n) is 3.86. The molecule has 0 fully saturated rings. The molecule has 1 unspecified atom stereocenters. The Morgan fingerprint density at radius 3 is 2.52 bits per heavy atom. The first kappa shape index (κ1) is 13.7. The maximum Gasteiger partial charge on any atom is 0.106 e. The van der Waals surface area contributed by atoms with Gasteiger partial charge in [-0.25, -0.2) is 0 Å². The molecule has 2 nitrogen and oxygen atoms in total. The average molecular weight is 277 g/mol. The molecule has 1 atom stereocenters. The van der Waals surface area contributed by atoms with Crippen molar-refractivity contribution < 1.29 is 5.11 Å². The Morgan fingerprint density at radius 2 is 1.76 bits per heavy atom. The Hall–Kier alpha value is -2.32. The third kappa shape index (κ3) is 2.50. The molecule has 21 heavy (non-hydrogen) atoms. The second-order valence-corrected chi connectivity index (χ2v) is 5.32. The van der Waals surface area contributed by atoms with Crippen LogP contribution in [0.1, 0.15) is 22.8 Å². The molecule has 106 valence electrons. The first-order valence-corrected chi connectivity index (χ1v) is 7.14. The van der Waals surface area contributed by atoms with Crippen LogP contribution in [0.5, 0.6) is 0 Å². The summed E-state index contributed by atoms with van der Waals surface area (Å²) in [4.78, 5) is 0. The van der Waals surface area contributed by atoms with E-state index in [1.807, 2.05) is 56.4 Å². The molecule has 0 heterocycles. The van der Waals surface area contributed by atoms with Crippen LogP contribution in [-0.4, -0.2) is 12.2 Å². The Morgan fingerprint density at radius 1 is 0.952 bits per heavy atom. The number of aliphatic hydroxyl groups excluding tert-OH is 1. The number of benzene rings is 3. The minimum absolute atomic E-state index is 0.628. The molecule has 0 amide bonds. The summed E-state index contributed by atoms with van der Waals surface area (Å²) in [7, 11) is 1.90. The number of hydrogen-bond acceptors (Lipinski definition) is 2. The summed E-state index contributed by atoms with van der Waals surface area (Å²) in [6, 6.07) is 20.3. The van der Waals surface area contributed by atoms with E-state index in [9.17, 15) is 5.11 Å². The van der Waals surface area contributed by atoms with Crippen LogP contribution in [0, 0.1) is 6.92 Å². The van der Waals surface area contributed by atoms with Crippen LogP contribution in [0.15, 0.2) is 60.7 Å². The zero-order chi connectivity index (χ0) is 14.8. The van der Waals surface area contributed by atoms with Gasteiger partial charge in [0.1, 0.15) is 6.10 Å². The molecule has 2 heteroatoms. The van der Waals surface area contributed by atoms with Crippen molar-refractivity contribution in [3.63, 3.8) is 0 Å². The van der Waals surface area contributed by atoms with Crippen LogP contribution < -0.4 is 5.32 Å². The Bertz CT molecular complexity index is 779. The largest absolute Gasteiger partial charge is 0.387 e. The minimum Gasteiger partial charge on any atom is -0.387 e. The lowest BCUT2D eigenvalue weighted by atomic mass is 9.95. The highest BCUT2D eigenvalue weighted by Crippen LogP contribution is 2.34. The summed E-state index contributed by atoms with van der Waals surface area (Å²) >= 11 is 0. The first-order valence-electron chi connectivity index (χ1n) is 7.14. The van der Waals surface area contributed by atoms with Crippen molar-refractivity contribution in [2.24, 2.45) is 0 Å². The van der Waals surface area contributed by atoms with Crippen LogP contribution in [0.3, 0.4) is 0 Å². The number of anilines is 1. The summed E-state index contributed by atoms with van der Waals surface area (Å²) in [5.74, 6) is 0. The van der Waals surface area contributed by atoms with Gasteiger partial charge in [-0.2, -0.15) is 0 Å². The molecule has 0 aliphatic rings. The van der Waals surface area contributed by atoms with Gasteiger partial charge in [0.25, 0.3) is 0 Å². The number of nitrogens with one attached hydrogen (secondary N) is 1. The highest BCUT2D eigenvalue weighted by molar-refractivity contribution is 5.95. The highest BCUT2D eigenvalue weighted by atomic mass is 16.3. The zero-order valence-electron chi connectivity index (χ0n) is 12.3. The molecule has 0 saturated carbocycles. The molecule has 0 bridgehead atoms. The molecule has 2 N–H and O–H groups in total. The number of aryl methyl sites for hydroxylation is 1. The van der Waals surface area contributed by atoms with Crippen molar-refractivity contribution in [2.75, 3.05) is 12.4 Å². The van der Waals surface area contributed by atoms with E-state index in [1.165, 1.54) is 5.39 Å². The lowest BCUT2D eigenvalue weighted by molar-refractivity contribution is 0.221. The summed E-state index contributed by atoms with van der Waals surface area (Å²) in [6.45, 7) is 2.04. The van der Waals surface area contributed by atoms with E-state index in [0.29, 0.717) is 0 Å². The van der Waals surface area contributed by atoms with E-state index in [0.717, 1.165) is 27.8 Å². The summed E-state index contributed by atoms with van der Waals surface area (Å²) in [5, 5.41) is 16.3. The van der Waals surface area contributed by atoms with Gasteiger partial charge in [0.2, 0.25) is 0 Å². The molecule has 0 saturated heterocycles. The maximum atomic E-state index is 10.7. The van der Waals surface area contributed by atoms with E-state index in [-0.39, 0.29) is 0 Å². The molecule has 0 aromatic heterocycles. The fourth-order valence-electron chi connectivity index (χ4n) is 2.82. The van der Waals surface area contributed by atoms with Gasteiger partial charge in [0, 0.05) is 23.7 Å². The van der Waals surface area contributed by atoms with Gasteiger partial charge in [-0.05, 0) is 17.9 Å². The average Bonchev–Trinajstić information content (AvgIpc) is 2.53. The van der Waals surface area contributed by atoms with Crippen molar-refractivity contribution in [2.45, 2.75) is 13.0 Å². The van der Waals surface area contributed by atoms with Crippen molar-refractivity contribution in [3.8, 4) is 0 Å². The predicted octanol–water partition coefficient (Wildman–Crippen LogP) is 4.27. The van der Waals surface area contributed by atoms with Crippen LogP contribution in [0.2, 0.25) is 0 Å². The first-order chi connectivity index (χ1) is 10.2. The van der Waals surface area contributed by atoms with E-state index in [2.05, 4.69) is 23.5 Å². The van der Waals surface area contributed by atoms with Gasteiger partial charge in [-0.15, -0.1) is 0 Å². The SMILES string of the molecule is CNc1c(C(O)c2cccc(C)c2)ccc2ccccc12. The predicted molar refractivity (Wildman–Crippen MR) is 88.7 cm³/mol. The van der Waals surface area contributed by atoms with E-state index < -0.39 is 6.10 Å². The van der Waals surface area contributed by atoms with Crippen molar-refractivity contribution >= 4 is 16.5 Å². The normalized spacial score (nSPS) is 12.3. The van der Waals surface area contributed by atoms with E-state index in [4.69, 9.17) is 0 Å². The van der Waals surface area contributed by atoms with Crippen LogP contribution in [-0.2, 0) is 0 Å². The minimum atomic E-state index is -0.628. The summed E-state index contributed by atoms with van der Waals surface area (Å²) < 4.78 is 0. The highest BCUT2D eigenvalue weighted by Gasteiger charge is 2.16. The van der Waals surface area contributed by atoms with Crippen molar-refractivity contribution in [1.29, 1.82) is 0 Å². The maximum absolute atomic E-state index is 10.7. The van der Waals surface area contributed by atoms with Crippen LogP contribution >= 0.6 is 0 Å². The number of rotatable bonds is 3. The van der Waals surface area contributed by atoms with Crippen molar-refractivity contribution in [1.82, 2.24) is 0 Å². The third-order valence-corrected chi connectivity index (χ3v) is 3.86. The quantitative estimate of drug-likeness (QED) is 0.749. The smallest absolute Gasteiger partial charge is 0.106 e. The second kappa shape index (κ2) is 5.58. The van der Waals surface area contributed by atoms with Crippen LogP contribution in [0.25, 0.3) is 10.8 Å². The Kier molecular flexibility index (Phi) is 3.63. The fraction of sp³-hybridized carbons (Fsp3) is 0.158. The number of fused-ring (bicyclic) bond motifs is 1. The molecule has 3 aromatic carbocycles. The summed E-state index contributed by atoms with van der Waals surface area (Å²) in [6.07, 6.45) is -0.628. The fourth-order valence-corrected chi connectivity index (χ4v) is 2.82. The van der Waals surface area contributed by atoms with Gasteiger partial charge in [0.05, 0.1) is 0 Å². The van der Waals surface area contributed by atoms with Gasteiger partial charge < -0.3 is 10.4 Å². The van der Waals surface area contributed by atoms with E-state index in [1.54, 1.807) is 0 Å². The van der Waals surface area contributed by atoms with Gasteiger partial charge in [-0.1, -0.05) is 66.2 Å². The lowest BCUT2D eigenvalue weighted by Gasteiger charge is -2.18. The summed E-state index contributed by atoms with van der Waals surface area (Å²) in [5.41, 5.74) is 3.96. The molecule has 0 aliphatic carbocycles. The van der Waals surface area contributed by atoms with Gasteiger partial charge >= 0.3 is 0 Å². The van der Waals surface area contributed by atoms with Crippen LogP contribution in [0.4, 0.5) is 5.69 Å². The Labute approximate surface area is 125 Å². The monoisotopic (exact) mass is 277 g/mol. The second-order valence-electron chi connectivity index (χ2n) is 5.32.